The minimum atomic E-state index is 0.127. The van der Waals surface area contributed by atoms with E-state index in [1.54, 1.807) is 0 Å². The molecule has 0 atom stereocenters. The zero-order valence-corrected chi connectivity index (χ0v) is 13.9. The molecule has 1 nitrogen and oxygen atoms in total. The van der Waals surface area contributed by atoms with E-state index in [1.165, 1.54) is 9.13 Å². The van der Waals surface area contributed by atoms with Crippen molar-refractivity contribution < 1.29 is 4.79 Å². The van der Waals surface area contributed by atoms with Crippen LogP contribution in [0.1, 0.15) is 38.5 Å². The highest BCUT2D eigenvalue weighted by Crippen LogP contribution is 2.40. The first kappa shape index (κ1) is 13.7. The molecule has 2 heteroatoms. The molecular formula is C20H13IO. The molecule has 22 heavy (non-hydrogen) atoms. The van der Waals surface area contributed by atoms with Gasteiger partial charge < -0.3 is 0 Å². The van der Waals surface area contributed by atoms with Gasteiger partial charge in [-0.1, -0.05) is 60.7 Å². The van der Waals surface area contributed by atoms with Gasteiger partial charge in [0.25, 0.3) is 0 Å². The zero-order valence-electron chi connectivity index (χ0n) is 11.8. The Bertz CT molecular complexity index is 815. The SMILES string of the molecule is O=C1c2ccccc2C(c2ccc(I)cc2)c2ccccc21. The Balaban J connectivity index is 2.00. The molecule has 1 aliphatic rings. The Morgan fingerprint density at radius 3 is 1.73 bits per heavy atom. The van der Waals surface area contributed by atoms with Gasteiger partial charge in [0.15, 0.2) is 5.78 Å². The van der Waals surface area contributed by atoms with Crippen molar-refractivity contribution >= 4 is 28.4 Å². The van der Waals surface area contributed by atoms with Crippen LogP contribution in [0.4, 0.5) is 0 Å². The van der Waals surface area contributed by atoms with E-state index in [9.17, 15) is 4.79 Å². The summed E-state index contributed by atoms with van der Waals surface area (Å²) in [6.45, 7) is 0. The van der Waals surface area contributed by atoms with Gasteiger partial charge in [0.05, 0.1) is 0 Å². The normalized spacial score (nSPS) is 13.6. The molecule has 0 bridgehead atoms. The maximum Gasteiger partial charge on any atom is 0.193 e. The van der Waals surface area contributed by atoms with Crippen LogP contribution in [0.2, 0.25) is 0 Å². The molecule has 0 N–H and O–H groups in total. The lowest BCUT2D eigenvalue weighted by Crippen LogP contribution is -2.20. The number of ketones is 1. The van der Waals surface area contributed by atoms with Crippen LogP contribution in [0.25, 0.3) is 0 Å². The lowest BCUT2D eigenvalue weighted by molar-refractivity contribution is 0.103. The van der Waals surface area contributed by atoms with Gasteiger partial charge in [0.2, 0.25) is 0 Å². The molecular weight excluding hydrogens is 383 g/mol. The Morgan fingerprint density at radius 1 is 0.682 bits per heavy atom. The van der Waals surface area contributed by atoms with Gasteiger partial charge >= 0.3 is 0 Å². The van der Waals surface area contributed by atoms with Crippen LogP contribution in [0.3, 0.4) is 0 Å². The van der Waals surface area contributed by atoms with Crippen molar-refractivity contribution in [3.8, 4) is 0 Å². The molecule has 106 valence electrons. The predicted octanol–water partition coefficient (Wildman–Crippen LogP) is 5.02. The molecule has 3 aromatic carbocycles. The van der Waals surface area contributed by atoms with E-state index in [-0.39, 0.29) is 11.7 Å². The molecule has 0 saturated carbocycles. The van der Waals surface area contributed by atoms with Crippen LogP contribution in [0, 0.1) is 3.57 Å². The molecule has 0 saturated heterocycles. The number of benzene rings is 3. The molecule has 0 aromatic heterocycles. The Kier molecular flexibility index (Phi) is 3.34. The van der Waals surface area contributed by atoms with Crippen molar-refractivity contribution in [2.45, 2.75) is 5.92 Å². The largest absolute Gasteiger partial charge is 0.289 e. The molecule has 0 aliphatic heterocycles. The fraction of sp³-hybridized carbons (Fsp3) is 0.0500. The minimum absolute atomic E-state index is 0.127. The van der Waals surface area contributed by atoms with Gasteiger partial charge in [0, 0.05) is 20.6 Å². The van der Waals surface area contributed by atoms with Crippen LogP contribution >= 0.6 is 22.6 Å². The maximum absolute atomic E-state index is 12.7. The summed E-state index contributed by atoms with van der Waals surface area (Å²) < 4.78 is 1.22. The molecule has 0 heterocycles. The summed E-state index contributed by atoms with van der Waals surface area (Å²) in [7, 11) is 0. The maximum atomic E-state index is 12.7. The first-order valence-corrected chi connectivity index (χ1v) is 8.31. The summed E-state index contributed by atoms with van der Waals surface area (Å²) in [6, 6.07) is 24.5. The van der Waals surface area contributed by atoms with Gasteiger partial charge in [-0.05, 0) is 51.4 Å². The minimum Gasteiger partial charge on any atom is -0.289 e. The Hall–Kier alpha value is -1.94. The first-order chi connectivity index (χ1) is 10.8. The fourth-order valence-corrected chi connectivity index (χ4v) is 3.60. The third-order valence-corrected chi connectivity index (χ3v) is 4.96. The summed E-state index contributed by atoms with van der Waals surface area (Å²) in [4.78, 5) is 12.7. The summed E-state index contributed by atoms with van der Waals surface area (Å²) in [6.07, 6.45) is 0. The van der Waals surface area contributed by atoms with E-state index in [4.69, 9.17) is 0 Å². The van der Waals surface area contributed by atoms with Crippen LogP contribution in [0.15, 0.2) is 72.8 Å². The van der Waals surface area contributed by atoms with Gasteiger partial charge in [0.1, 0.15) is 0 Å². The van der Waals surface area contributed by atoms with E-state index >= 15 is 0 Å². The number of carbonyl (C=O) groups excluding carboxylic acids is 1. The van der Waals surface area contributed by atoms with Crippen molar-refractivity contribution in [2.24, 2.45) is 0 Å². The van der Waals surface area contributed by atoms with Gasteiger partial charge in [-0.25, -0.2) is 0 Å². The first-order valence-electron chi connectivity index (χ1n) is 7.24. The number of halogens is 1. The summed E-state index contributed by atoms with van der Waals surface area (Å²) in [5.41, 5.74) is 5.09. The topological polar surface area (TPSA) is 17.1 Å². The molecule has 0 radical (unpaired) electrons. The number of hydrogen-bond acceptors (Lipinski definition) is 1. The second-order valence-corrected chi connectivity index (χ2v) is 6.73. The van der Waals surface area contributed by atoms with Crippen LogP contribution in [-0.2, 0) is 0 Å². The van der Waals surface area contributed by atoms with Crippen molar-refractivity contribution in [1.82, 2.24) is 0 Å². The van der Waals surface area contributed by atoms with Crippen molar-refractivity contribution in [1.29, 1.82) is 0 Å². The monoisotopic (exact) mass is 396 g/mol. The summed E-state index contributed by atoms with van der Waals surface area (Å²) in [5.74, 6) is 0.259. The van der Waals surface area contributed by atoms with Crippen molar-refractivity contribution in [3.05, 3.63) is 104 Å². The smallest absolute Gasteiger partial charge is 0.193 e. The summed E-state index contributed by atoms with van der Waals surface area (Å²) in [5, 5.41) is 0. The van der Waals surface area contributed by atoms with E-state index in [2.05, 4.69) is 59.0 Å². The van der Waals surface area contributed by atoms with E-state index in [0.717, 1.165) is 22.3 Å². The second kappa shape index (κ2) is 5.36. The highest BCUT2D eigenvalue weighted by molar-refractivity contribution is 14.1. The predicted molar refractivity (Wildman–Crippen MR) is 96.4 cm³/mol. The molecule has 1 aliphatic carbocycles. The summed E-state index contributed by atoms with van der Waals surface area (Å²) >= 11 is 2.32. The van der Waals surface area contributed by atoms with Crippen LogP contribution in [0.5, 0.6) is 0 Å². The number of hydrogen-bond donors (Lipinski definition) is 0. The van der Waals surface area contributed by atoms with E-state index in [0.29, 0.717) is 0 Å². The number of rotatable bonds is 1. The van der Waals surface area contributed by atoms with Gasteiger partial charge in [-0.2, -0.15) is 0 Å². The standard InChI is InChI=1S/C20H13IO/c21-14-11-9-13(10-12-14)19-15-5-1-3-7-17(15)20(22)18-8-4-2-6-16(18)19/h1-12,19H. The highest BCUT2D eigenvalue weighted by Gasteiger charge is 2.31. The average molecular weight is 396 g/mol. The van der Waals surface area contributed by atoms with Gasteiger partial charge in [-0.3, -0.25) is 4.79 Å². The van der Waals surface area contributed by atoms with Crippen LogP contribution < -0.4 is 0 Å². The van der Waals surface area contributed by atoms with Crippen molar-refractivity contribution in [2.75, 3.05) is 0 Å². The zero-order chi connectivity index (χ0) is 15.1. The second-order valence-electron chi connectivity index (χ2n) is 5.49. The highest BCUT2D eigenvalue weighted by atomic mass is 127. The average Bonchev–Trinajstić information content (AvgIpc) is 2.57. The molecule has 0 unspecified atom stereocenters. The van der Waals surface area contributed by atoms with E-state index < -0.39 is 0 Å². The molecule has 0 fully saturated rings. The molecule has 0 amide bonds. The fourth-order valence-electron chi connectivity index (χ4n) is 3.24. The Labute approximate surface area is 143 Å². The number of carbonyl (C=O) groups is 1. The Morgan fingerprint density at radius 2 is 1.18 bits per heavy atom. The van der Waals surface area contributed by atoms with Gasteiger partial charge in [-0.15, -0.1) is 0 Å². The third-order valence-electron chi connectivity index (χ3n) is 4.24. The van der Waals surface area contributed by atoms with Crippen LogP contribution in [-0.4, -0.2) is 5.78 Å². The quantitative estimate of drug-likeness (QED) is 0.413. The lowest BCUT2D eigenvalue weighted by atomic mass is 9.74. The third kappa shape index (κ3) is 2.10. The molecule has 0 spiro atoms. The number of fused-ring (bicyclic) bond motifs is 2. The lowest BCUT2D eigenvalue weighted by Gasteiger charge is -2.28. The van der Waals surface area contributed by atoms with Crippen molar-refractivity contribution in [3.63, 3.8) is 0 Å². The molecule has 3 aromatic rings. The molecule has 4 rings (SSSR count). The van der Waals surface area contributed by atoms with E-state index in [1.807, 2.05) is 36.4 Å².